The lowest BCUT2D eigenvalue weighted by molar-refractivity contribution is -0.116. The lowest BCUT2D eigenvalue weighted by Crippen LogP contribution is -2.28. The fourth-order valence-electron chi connectivity index (χ4n) is 1.82. The molecule has 1 atom stereocenters. The Labute approximate surface area is 139 Å². The van der Waals surface area contributed by atoms with Crippen LogP contribution in [0, 0.1) is 6.92 Å². The van der Waals surface area contributed by atoms with Crippen molar-refractivity contribution in [2.75, 3.05) is 6.54 Å². The normalized spacial score (nSPS) is 12.3. The SMILES string of the molecule is Cc1nc(COc2cccc(/C=C/C(=O)NCC(C)O)c2)cs1. The minimum absolute atomic E-state index is 0.235. The topological polar surface area (TPSA) is 71.5 Å². The summed E-state index contributed by atoms with van der Waals surface area (Å²) in [7, 11) is 0. The highest BCUT2D eigenvalue weighted by Gasteiger charge is 2.01. The average Bonchev–Trinajstić information content (AvgIpc) is 2.95. The minimum atomic E-state index is -0.557. The first-order valence-electron chi connectivity index (χ1n) is 7.31. The van der Waals surface area contributed by atoms with Crippen LogP contribution >= 0.6 is 11.3 Å². The van der Waals surface area contributed by atoms with Crippen LogP contribution in [0.3, 0.4) is 0 Å². The van der Waals surface area contributed by atoms with E-state index in [-0.39, 0.29) is 12.5 Å². The number of thiazole rings is 1. The van der Waals surface area contributed by atoms with Gasteiger partial charge in [0, 0.05) is 18.0 Å². The summed E-state index contributed by atoms with van der Waals surface area (Å²) in [6, 6.07) is 7.48. The second-order valence-electron chi connectivity index (χ2n) is 5.15. The number of rotatable bonds is 7. The number of hydrogen-bond acceptors (Lipinski definition) is 5. The predicted molar refractivity (Wildman–Crippen MR) is 91.3 cm³/mol. The fraction of sp³-hybridized carbons (Fsp3) is 0.294. The fourth-order valence-corrected chi connectivity index (χ4v) is 2.42. The number of aliphatic hydroxyl groups excluding tert-OH is 1. The average molecular weight is 332 g/mol. The van der Waals surface area contributed by atoms with Gasteiger partial charge in [0.2, 0.25) is 5.91 Å². The molecule has 6 heteroatoms. The van der Waals surface area contributed by atoms with Gasteiger partial charge in [-0.3, -0.25) is 4.79 Å². The second kappa shape index (κ2) is 8.45. The largest absolute Gasteiger partial charge is 0.487 e. The molecule has 23 heavy (non-hydrogen) atoms. The maximum atomic E-state index is 11.6. The Balaban J connectivity index is 1.90. The molecular weight excluding hydrogens is 312 g/mol. The monoisotopic (exact) mass is 332 g/mol. The van der Waals surface area contributed by atoms with Crippen LogP contribution in [0.4, 0.5) is 0 Å². The summed E-state index contributed by atoms with van der Waals surface area (Å²) in [5, 5.41) is 14.7. The highest BCUT2D eigenvalue weighted by Crippen LogP contribution is 2.17. The zero-order valence-corrected chi connectivity index (χ0v) is 14.0. The van der Waals surface area contributed by atoms with Crippen LogP contribution in [0.2, 0.25) is 0 Å². The number of aryl methyl sites for hydroxylation is 1. The third-order valence-corrected chi connectivity index (χ3v) is 3.73. The molecule has 2 aromatic rings. The summed E-state index contributed by atoms with van der Waals surface area (Å²) in [6.07, 6.45) is 2.58. The van der Waals surface area contributed by atoms with Crippen molar-refractivity contribution in [1.82, 2.24) is 10.3 Å². The Kier molecular flexibility index (Phi) is 6.31. The number of benzene rings is 1. The van der Waals surface area contributed by atoms with Gasteiger partial charge in [0.15, 0.2) is 0 Å². The van der Waals surface area contributed by atoms with Gasteiger partial charge in [-0.25, -0.2) is 4.98 Å². The first kappa shape index (κ1) is 17.2. The molecule has 5 nitrogen and oxygen atoms in total. The van der Waals surface area contributed by atoms with Gasteiger partial charge < -0.3 is 15.2 Å². The molecule has 0 aliphatic rings. The summed E-state index contributed by atoms with van der Waals surface area (Å²) in [4.78, 5) is 15.9. The summed E-state index contributed by atoms with van der Waals surface area (Å²) >= 11 is 1.60. The standard InChI is InChI=1S/C17H20N2O3S/c1-12(20)9-18-17(21)7-6-14-4-3-5-16(8-14)22-10-15-11-23-13(2)19-15/h3-8,11-12,20H,9-10H2,1-2H3,(H,18,21)/b7-6+. The molecule has 0 aliphatic carbocycles. The molecule has 1 aromatic heterocycles. The predicted octanol–water partition coefficient (Wildman–Crippen LogP) is 2.54. The number of aliphatic hydroxyl groups is 1. The Morgan fingerprint density at radius 3 is 3.04 bits per heavy atom. The molecule has 122 valence electrons. The van der Waals surface area contributed by atoms with E-state index in [1.165, 1.54) is 6.08 Å². The van der Waals surface area contributed by atoms with E-state index in [1.54, 1.807) is 24.3 Å². The van der Waals surface area contributed by atoms with Crippen LogP contribution < -0.4 is 10.1 Å². The lowest BCUT2D eigenvalue weighted by Gasteiger charge is -2.05. The third-order valence-electron chi connectivity index (χ3n) is 2.91. The van der Waals surface area contributed by atoms with Gasteiger partial charge in [0.1, 0.15) is 12.4 Å². The van der Waals surface area contributed by atoms with Gasteiger partial charge in [-0.15, -0.1) is 11.3 Å². The van der Waals surface area contributed by atoms with Gasteiger partial charge in [-0.05, 0) is 37.6 Å². The zero-order valence-electron chi connectivity index (χ0n) is 13.2. The van der Waals surface area contributed by atoms with E-state index in [4.69, 9.17) is 9.84 Å². The van der Waals surface area contributed by atoms with E-state index < -0.39 is 6.10 Å². The maximum absolute atomic E-state index is 11.6. The first-order chi connectivity index (χ1) is 11.0. The van der Waals surface area contributed by atoms with Crippen molar-refractivity contribution in [3.05, 3.63) is 52.0 Å². The van der Waals surface area contributed by atoms with Crippen molar-refractivity contribution in [1.29, 1.82) is 0 Å². The third kappa shape index (κ3) is 6.22. The van der Waals surface area contributed by atoms with Crippen molar-refractivity contribution in [3.8, 4) is 5.75 Å². The van der Waals surface area contributed by atoms with E-state index >= 15 is 0 Å². The summed E-state index contributed by atoms with van der Waals surface area (Å²) < 4.78 is 5.71. The number of nitrogens with one attached hydrogen (secondary N) is 1. The van der Waals surface area contributed by atoms with Gasteiger partial charge in [0.05, 0.1) is 16.8 Å². The second-order valence-corrected chi connectivity index (χ2v) is 6.21. The Hall–Kier alpha value is -2.18. The molecule has 1 heterocycles. The smallest absolute Gasteiger partial charge is 0.244 e. The number of carbonyl (C=O) groups excluding carboxylic acids is 1. The number of amides is 1. The van der Waals surface area contributed by atoms with Crippen LogP contribution in [-0.2, 0) is 11.4 Å². The highest BCUT2D eigenvalue weighted by atomic mass is 32.1. The molecule has 1 aromatic carbocycles. The van der Waals surface area contributed by atoms with Crippen LogP contribution in [0.1, 0.15) is 23.2 Å². The molecule has 0 aliphatic heterocycles. The zero-order chi connectivity index (χ0) is 16.7. The van der Waals surface area contributed by atoms with Gasteiger partial charge in [-0.1, -0.05) is 12.1 Å². The van der Waals surface area contributed by atoms with Crippen molar-refractivity contribution in [2.45, 2.75) is 26.6 Å². The van der Waals surface area contributed by atoms with Crippen LogP contribution in [-0.4, -0.2) is 28.6 Å². The molecule has 0 fully saturated rings. The summed E-state index contributed by atoms with van der Waals surface area (Å²) in [5.41, 5.74) is 1.77. The van der Waals surface area contributed by atoms with Crippen LogP contribution in [0.5, 0.6) is 5.75 Å². The van der Waals surface area contributed by atoms with Gasteiger partial charge in [-0.2, -0.15) is 0 Å². The Bertz CT molecular complexity index is 680. The van der Waals surface area contributed by atoms with Gasteiger partial charge in [0.25, 0.3) is 0 Å². The Morgan fingerprint density at radius 2 is 2.35 bits per heavy atom. The quantitative estimate of drug-likeness (QED) is 0.764. The number of hydrogen-bond donors (Lipinski definition) is 2. The minimum Gasteiger partial charge on any atom is -0.487 e. The summed E-state index contributed by atoms with van der Waals surface area (Å²) in [6.45, 7) is 4.24. The number of aromatic nitrogens is 1. The van der Waals surface area contributed by atoms with E-state index in [9.17, 15) is 4.79 Å². The molecule has 0 radical (unpaired) electrons. The number of nitrogens with zero attached hydrogens (tertiary/aromatic N) is 1. The van der Waals surface area contributed by atoms with Crippen molar-refractivity contribution < 1.29 is 14.6 Å². The van der Waals surface area contributed by atoms with E-state index in [0.29, 0.717) is 6.61 Å². The molecule has 1 amide bonds. The maximum Gasteiger partial charge on any atom is 0.244 e. The molecule has 0 spiro atoms. The molecule has 0 saturated heterocycles. The summed E-state index contributed by atoms with van der Waals surface area (Å²) in [5.74, 6) is 0.484. The molecule has 1 unspecified atom stereocenters. The molecule has 0 bridgehead atoms. The van der Waals surface area contributed by atoms with Crippen LogP contribution in [0.15, 0.2) is 35.7 Å². The molecule has 0 saturated carbocycles. The molecule has 2 N–H and O–H groups in total. The van der Waals surface area contributed by atoms with Crippen LogP contribution in [0.25, 0.3) is 6.08 Å². The van der Waals surface area contributed by atoms with Gasteiger partial charge >= 0.3 is 0 Å². The number of carbonyl (C=O) groups is 1. The lowest BCUT2D eigenvalue weighted by atomic mass is 10.2. The number of ether oxygens (including phenoxy) is 1. The van der Waals surface area contributed by atoms with Crippen molar-refractivity contribution in [2.24, 2.45) is 0 Å². The Morgan fingerprint density at radius 1 is 1.52 bits per heavy atom. The van der Waals surface area contributed by atoms with Crippen molar-refractivity contribution in [3.63, 3.8) is 0 Å². The van der Waals surface area contributed by atoms with E-state index in [2.05, 4.69) is 10.3 Å². The highest BCUT2D eigenvalue weighted by molar-refractivity contribution is 7.09. The molecule has 2 rings (SSSR count). The van der Waals surface area contributed by atoms with Crippen molar-refractivity contribution >= 4 is 23.3 Å². The first-order valence-corrected chi connectivity index (χ1v) is 8.19. The molecular formula is C17H20N2O3S. The van der Waals surface area contributed by atoms with E-state index in [1.807, 2.05) is 36.6 Å². The van der Waals surface area contributed by atoms with E-state index in [0.717, 1.165) is 22.0 Å².